The van der Waals surface area contributed by atoms with Crippen molar-refractivity contribution in [1.29, 1.82) is 0 Å². The molecule has 1 fully saturated rings. The van der Waals surface area contributed by atoms with Gasteiger partial charge in [0.1, 0.15) is 0 Å². The number of likely N-dealkylation sites (tertiary alicyclic amines) is 1. The highest BCUT2D eigenvalue weighted by molar-refractivity contribution is 5.94. The molecule has 4 nitrogen and oxygen atoms in total. The molecule has 178 valence electrons. The van der Waals surface area contributed by atoms with E-state index in [0.717, 1.165) is 51.1 Å². The van der Waals surface area contributed by atoms with Gasteiger partial charge in [0.2, 0.25) is 0 Å². The van der Waals surface area contributed by atoms with Gasteiger partial charge in [0.25, 0.3) is 5.91 Å². The van der Waals surface area contributed by atoms with Crippen LogP contribution in [0.3, 0.4) is 0 Å². The second-order valence-electron chi connectivity index (χ2n) is 9.27. The molecule has 3 aromatic rings. The Balaban J connectivity index is 1.42. The topological polar surface area (TPSA) is 26.8 Å². The van der Waals surface area contributed by atoms with Crippen molar-refractivity contribution in [2.45, 2.75) is 39.3 Å². The average Bonchev–Trinajstić information content (AvgIpc) is 2.89. The van der Waals surface area contributed by atoms with Crippen molar-refractivity contribution in [1.82, 2.24) is 9.80 Å². The molecular weight excluding hydrogens is 418 g/mol. The van der Waals surface area contributed by atoms with Crippen LogP contribution in [0.2, 0.25) is 0 Å². The van der Waals surface area contributed by atoms with Gasteiger partial charge in [-0.3, -0.25) is 9.69 Å². The van der Waals surface area contributed by atoms with Gasteiger partial charge in [0, 0.05) is 56.6 Å². The molecule has 0 bridgehead atoms. The highest BCUT2D eigenvalue weighted by Gasteiger charge is 2.26. The fourth-order valence-electron chi connectivity index (χ4n) is 4.88. The minimum Gasteiger partial charge on any atom is -0.367 e. The van der Waals surface area contributed by atoms with Crippen molar-refractivity contribution in [3.8, 4) is 0 Å². The Hall–Kier alpha value is -3.11. The minimum absolute atomic E-state index is 0.115. The molecule has 1 amide bonds. The number of hydrogen-bond acceptors (Lipinski definition) is 3. The van der Waals surface area contributed by atoms with Crippen molar-refractivity contribution in [3.63, 3.8) is 0 Å². The minimum atomic E-state index is 0.115. The first kappa shape index (κ1) is 24.0. The lowest BCUT2D eigenvalue weighted by Crippen LogP contribution is -2.48. The van der Waals surface area contributed by atoms with E-state index in [2.05, 4.69) is 78.2 Å². The van der Waals surface area contributed by atoms with Crippen LogP contribution in [0.4, 0.5) is 5.69 Å². The number of likely N-dealkylation sites (N-methyl/N-ethyl adjacent to an activating group) is 1. The van der Waals surface area contributed by atoms with Crippen LogP contribution in [0.5, 0.6) is 0 Å². The molecule has 1 aliphatic rings. The van der Waals surface area contributed by atoms with E-state index >= 15 is 0 Å². The number of carbonyl (C=O) groups is 1. The molecule has 3 aromatic carbocycles. The van der Waals surface area contributed by atoms with Gasteiger partial charge >= 0.3 is 0 Å². The molecule has 1 saturated heterocycles. The molecule has 0 unspecified atom stereocenters. The molecule has 1 aliphatic heterocycles. The maximum atomic E-state index is 13.1. The van der Waals surface area contributed by atoms with Gasteiger partial charge < -0.3 is 9.80 Å². The average molecular weight is 456 g/mol. The SMILES string of the molecule is CCN(CCN(c1ccc(C)cc1)C1CCN(Cc2ccccc2)CC1)C(=O)c1ccccc1. The van der Waals surface area contributed by atoms with Crippen LogP contribution in [0.25, 0.3) is 0 Å². The van der Waals surface area contributed by atoms with Gasteiger partial charge in [0.15, 0.2) is 0 Å². The fraction of sp³-hybridized carbons (Fsp3) is 0.367. The normalized spacial score (nSPS) is 14.6. The molecule has 4 heteroatoms. The highest BCUT2D eigenvalue weighted by atomic mass is 16.2. The standard InChI is InChI=1S/C30H37N3O/c1-3-32(30(34)27-12-8-5-9-13-27)22-23-33(28-16-14-25(2)15-17-28)29-18-20-31(21-19-29)24-26-10-6-4-7-11-26/h4-17,29H,3,18-24H2,1-2H3. The Morgan fingerprint density at radius 3 is 2.09 bits per heavy atom. The smallest absolute Gasteiger partial charge is 0.253 e. The van der Waals surface area contributed by atoms with Crippen molar-refractivity contribution in [3.05, 3.63) is 102 Å². The predicted octanol–water partition coefficient (Wildman–Crippen LogP) is 5.63. The Morgan fingerprint density at radius 2 is 1.47 bits per heavy atom. The van der Waals surface area contributed by atoms with Crippen molar-refractivity contribution in [2.75, 3.05) is 37.6 Å². The number of anilines is 1. The lowest BCUT2D eigenvalue weighted by molar-refractivity contribution is 0.0766. The number of carbonyl (C=O) groups excluding carboxylic acids is 1. The third-order valence-electron chi connectivity index (χ3n) is 6.91. The molecule has 0 spiro atoms. The summed E-state index contributed by atoms with van der Waals surface area (Å²) in [5, 5.41) is 0. The van der Waals surface area contributed by atoms with Crippen LogP contribution in [-0.2, 0) is 6.54 Å². The van der Waals surface area contributed by atoms with Gasteiger partial charge in [-0.05, 0) is 56.5 Å². The quantitative estimate of drug-likeness (QED) is 0.418. The largest absolute Gasteiger partial charge is 0.367 e. The molecule has 0 atom stereocenters. The van der Waals surface area contributed by atoms with E-state index in [0.29, 0.717) is 12.6 Å². The Morgan fingerprint density at radius 1 is 0.853 bits per heavy atom. The van der Waals surface area contributed by atoms with Crippen LogP contribution < -0.4 is 4.90 Å². The van der Waals surface area contributed by atoms with E-state index in [9.17, 15) is 4.79 Å². The summed E-state index contributed by atoms with van der Waals surface area (Å²) < 4.78 is 0. The number of amides is 1. The monoisotopic (exact) mass is 455 g/mol. The number of rotatable bonds is 9. The number of piperidine rings is 1. The summed E-state index contributed by atoms with van der Waals surface area (Å²) in [5.74, 6) is 0.115. The molecule has 1 heterocycles. The Bertz CT molecular complexity index is 1010. The summed E-state index contributed by atoms with van der Waals surface area (Å²) in [5.41, 5.74) is 4.68. The van der Waals surface area contributed by atoms with Crippen molar-refractivity contribution in [2.24, 2.45) is 0 Å². The van der Waals surface area contributed by atoms with Crippen LogP contribution in [0.1, 0.15) is 41.3 Å². The van der Waals surface area contributed by atoms with Crippen LogP contribution in [0.15, 0.2) is 84.9 Å². The van der Waals surface area contributed by atoms with E-state index < -0.39 is 0 Å². The summed E-state index contributed by atoms with van der Waals surface area (Å²) in [6, 6.07) is 29.7. The van der Waals surface area contributed by atoms with Gasteiger partial charge in [0.05, 0.1) is 0 Å². The van der Waals surface area contributed by atoms with E-state index in [1.54, 1.807) is 0 Å². The van der Waals surface area contributed by atoms with E-state index in [-0.39, 0.29) is 5.91 Å². The zero-order chi connectivity index (χ0) is 23.8. The Kier molecular flexibility index (Phi) is 8.37. The zero-order valence-electron chi connectivity index (χ0n) is 20.6. The second-order valence-corrected chi connectivity index (χ2v) is 9.27. The second kappa shape index (κ2) is 11.8. The molecule has 4 rings (SSSR count). The summed E-state index contributed by atoms with van der Waals surface area (Å²) in [6.07, 6.45) is 2.28. The van der Waals surface area contributed by atoms with Crippen LogP contribution in [0, 0.1) is 6.92 Å². The molecule has 0 saturated carbocycles. The van der Waals surface area contributed by atoms with Gasteiger partial charge in [-0.1, -0.05) is 66.2 Å². The number of aryl methyl sites for hydroxylation is 1. The predicted molar refractivity (Wildman–Crippen MR) is 141 cm³/mol. The fourth-order valence-corrected chi connectivity index (χ4v) is 4.88. The first-order valence-electron chi connectivity index (χ1n) is 12.6. The third-order valence-corrected chi connectivity index (χ3v) is 6.91. The van der Waals surface area contributed by atoms with Gasteiger partial charge in [-0.15, -0.1) is 0 Å². The molecule has 0 aromatic heterocycles. The van der Waals surface area contributed by atoms with E-state index in [4.69, 9.17) is 0 Å². The lowest BCUT2D eigenvalue weighted by Gasteiger charge is -2.40. The first-order chi connectivity index (χ1) is 16.6. The van der Waals surface area contributed by atoms with Crippen LogP contribution in [-0.4, -0.2) is 54.5 Å². The molecule has 0 radical (unpaired) electrons. The van der Waals surface area contributed by atoms with E-state index in [1.165, 1.54) is 16.8 Å². The third kappa shape index (κ3) is 6.27. The maximum Gasteiger partial charge on any atom is 0.253 e. The van der Waals surface area contributed by atoms with Gasteiger partial charge in [-0.25, -0.2) is 0 Å². The first-order valence-corrected chi connectivity index (χ1v) is 12.6. The van der Waals surface area contributed by atoms with Gasteiger partial charge in [-0.2, -0.15) is 0 Å². The maximum absolute atomic E-state index is 13.1. The number of benzene rings is 3. The lowest BCUT2D eigenvalue weighted by atomic mass is 10.0. The number of hydrogen-bond donors (Lipinski definition) is 0. The summed E-state index contributed by atoms with van der Waals surface area (Å²) in [6.45, 7) is 9.71. The molecule has 0 N–H and O–H groups in total. The van der Waals surface area contributed by atoms with Crippen LogP contribution >= 0.6 is 0 Å². The van der Waals surface area contributed by atoms with Crippen molar-refractivity contribution >= 4 is 11.6 Å². The van der Waals surface area contributed by atoms with E-state index in [1.807, 2.05) is 35.2 Å². The molecular formula is C30H37N3O. The van der Waals surface area contributed by atoms with Crippen molar-refractivity contribution < 1.29 is 4.79 Å². The summed E-state index contributed by atoms with van der Waals surface area (Å²) in [4.78, 5) is 20.1. The zero-order valence-corrected chi connectivity index (χ0v) is 20.6. The molecule has 34 heavy (non-hydrogen) atoms. The summed E-state index contributed by atoms with van der Waals surface area (Å²) in [7, 11) is 0. The Labute approximate surface area is 204 Å². The number of nitrogens with zero attached hydrogens (tertiary/aromatic N) is 3. The highest BCUT2D eigenvalue weighted by Crippen LogP contribution is 2.25. The molecule has 0 aliphatic carbocycles. The summed E-state index contributed by atoms with van der Waals surface area (Å²) >= 11 is 0.